The first-order chi connectivity index (χ1) is 10.2. The predicted octanol–water partition coefficient (Wildman–Crippen LogP) is 4.60. The monoisotopic (exact) mass is 414 g/mol. The molecule has 21 heavy (non-hydrogen) atoms. The van der Waals surface area contributed by atoms with Crippen LogP contribution >= 0.6 is 33.9 Å². The molecule has 1 fully saturated rings. The van der Waals surface area contributed by atoms with E-state index >= 15 is 0 Å². The Kier molecular flexibility index (Phi) is 4.73. The van der Waals surface area contributed by atoms with Crippen molar-refractivity contribution in [2.45, 2.75) is 45.4 Å². The maximum Gasteiger partial charge on any atom is 0.191 e. The lowest BCUT2D eigenvalue weighted by Crippen LogP contribution is -2.10. The molecule has 0 spiro atoms. The normalized spacial score (nSPS) is 15.6. The number of hydrogen-bond acceptors (Lipinski definition) is 5. The smallest absolute Gasteiger partial charge is 0.191 e. The third kappa shape index (κ3) is 3.21. The van der Waals surface area contributed by atoms with E-state index in [1.807, 2.05) is 6.92 Å². The molecular weight excluding hydrogens is 395 g/mol. The summed E-state index contributed by atoms with van der Waals surface area (Å²) >= 11 is 4.01. The highest BCUT2D eigenvalue weighted by atomic mass is 127. The van der Waals surface area contributed by atoms with E-state index in [0.29, 0.717) is 5.92 Å². The van der Waals surface area contributed by atoms with Crippen molar-refractivity contribution in [3.05, 3.63) is 20.3 Å². The minimum atomic E-state index is 0.581. The first-order valence-electron chi connectivity index (χ1n) is 7.42. The van der Waals surface area contributed by atoms with Gasteiger partial charge in [0.05, 0.1) is 9.26 Å². The summed E-state index contributed by atoms with van der Waals surface area (Å²) in [5.74, 6) is 2.31. The highest BCUT2D eigenvalue weighted by Crippen LogP contribution is 2.38. The van der Waals surface area contributed by atoms with Gasteiger partial charge in [-0.1, -0.05) is 12.8 Å². The number of halogens is 1. The molecule has 2 aromatic heterocycles. The van der Waals surface area contributed by atoms with Crippen molar-refractivity contribution >= 4 is 39.7 Å². The van der Waals surface area contributed by atoms with E-state index < -0.39 is 0 Å². The molecule has 1 saturated carbocycles. The van der Waals surface area contributed by atoms with Gasteiger partial charge in [-0.25, -0.2) is 15.0 Å². The molecule has 0 amide bonds. The molecule has 1 aliphatic carbocycles. The number of thiazole rings is 1. The maximum atomic E-state index is 4.87. The molecule has 0 unspecified atom stereocenters. The van der Waals surface area contributed by atoms with Gasteiger partial charge in [0.1, 0.15) is 5.82 Å². The summed E-state index contributed by atoms with van der Waals surface area (Å²) in [4.78, 5) is 14.1. The second-order valence-electron chi connectivity index (χ2n) is 5.40. The molecule has 4 nitrogen and oxygen atoms in total. The second kappa shape index (κ2) is 6.56. The van der Waals surface area contributed by atoms with Crippen LogP contribution < -0.4 is 5.32 Å². The van der Waals surface area contributed by atoms with Gasteiger partial charge in [0.25, 0.3) is 0 Å². The van der Waals surface area contributed by atoms with Crippen LogP contribution in [-0.2, 0) is 0 Å². The zero-order valence-electron chi connectivity index (χ0n) is 12.3. The first kappa shape index (κ1) is 15.1. The van der Waals surface area contributed by atoms with Crippen LogP contribution in [0.4, 0.5) is 5.82 Å². The number of hydrogen-bond donors (Lipinski definition) is 1. The van der Waals surface area contributed by atoms with E-state index in [0.717, 1.165) is 28.9 Å². The topological polar surface area (TPSA) is 50.7 Å². The average molecular weight is 414 g/mol. The zero-order chi connectivity index (χ0) is 14.8. The van der Waals surface area contributed by atoms with Crippen LogP contribution in [0, 0.1) is 10.5 Å². The lowest BCUT2D eigenvalue weighted by molar-refractivity contribution is 0.690. The molecular formula is C15H19IN4S. The third-order valence-electron chi connectivity index (χ3n) is 3.77. The quantitative estimate of drug-likeness (QED) is 0.743. The molecule has 0 atom stereocenters. The summed E-state index contributed by atoms with van der Waals surface area (Å²) < 4.78 is 1.18. The van der Waals surface area contributed by atoms with Gasteiger partial charge in [-0.15, -0.1) is 11.3 Å². The molecule has 3 rings (SSSR count). The molecule has 0 aliphatic heterocycles. The fourth-order valence-electron chi connectivity index (χ4n) is 2.77. The number of nitrogens with zero attached hydrogens (tertiary/aromatic N) is 3. The summed E-state index contributed by atoms with van der Waals surface area (Å²) in [7, 11) is 0. The molecule has 0 aromatic carbocycles. The second-order valence-corrected chi connectivity index (χ2v) is 7.34. The molecule has 1 aliphatic rings. The fraction of sp³-hybridized carbons (Fsp3) is 0.533. The van der Waals surface area contributed by atoms with Crippen LogP contribution in [0.5, 0.6) is 0 Å². The standard InChI is InChI=1S/C15H19IN4S/c1-3-17-13-11(16)12(10-6-4-5-7-10)19-14(20-13)15-18-9(2)8-21-15/h8,10H,3-7H2,1-2H3,(H,17,19,20). The van der Waals surface area contributed by atoms with Gasteiger partial charge >= 0.3 is 0 Å². The summed E-state index contributed by atoms with van der Waals surface area (Å²) in [5.41, 5.74) is 2.24. The van der Waals surface area contributed by atoms with Crippen molar-refractivity contribution in [3.63, 3.8) is 0 Å². The molecule has 0 bridgehead atoms. The van der Waals surface area contributed by atoms with Crippen LogP contribution in [0.1, 0.15) is 49.9 Å². The highest BCUT2D eigenvalue weighted by molar-refractivity contribution is 14.1. The Morgan fingerprint density at radius 1 is 1.29 bits per heavy atom. The summed E-state index contributed by atoms with van der Waals surface area (Å²) in [6.45, 7) is 4.98. The van der Waals surface area contributed by atoms with Crippen molar-refractivity contribution in [1.82, 2.24) is 15.0 Å². The van der Waals surface area contributed by atoms with Gasteiger partial charge in [-0.2, -0.15) is 0 Å². The Balaban J connectivity index is 2.07. The Morgan fingerprint density at radius 2 is 2.05 bits per heavy atom. The van der Waals surface area contributed by atoms with Crippen molar-refractivity contribution < 1.29 is 0 Å². The molecule has 112 valence electrons. The average Bonchev–Trinajstić information content (AvgIpc) is 3.12. The van der Waals surface area contributed by atoms with Gasteiger partial charge in [0.15, 0.2) is 10.8 Å². The van der Waals surface area contributed by atoms with Gasteiger partial charge in [0.2, 0.25) is 0 Å². The molecule has 1 N–H and O–H groups in total. The lowest BCUT2D eigenvalue weighted by Gasteiger charge is -2.15. The molecule has 6 heteroatoms. The Morgan fingerprint density at radius 3 is 2.67 bits per heavy atom. The van der Waals surface area contributed by atoms with E-state index in [9.17, 15) is 0 Å². The summed E-state index contributed by atoms with van der Waals surface area (Å²) in [6, 6.07) is 0. The molecule has 2 aromatic rings. The molecule has 2 heterocycles. The number of nitrogens with one attached hydrogen (secondary N) is 1. The van der Waals surface area contributed by atoms with E-state index in [-0.39, 0.29) is 0 Å². The summed E-state index contributed by atoms with van der Waals surface area (Å²) in [5, 5.41) is 6.35. The maximum absolute atomic E-state index is 4.87. The number of aryl methyl sites for hydroxylation is 1. The van der Waals surface area contributed by atoms with Crippen molar-refractivity contribution in [2.75, 3.05) is 11.9 Å². The Bertz CT molecular complexity index is 635. The number of rotatable bonds is 4. The van der Waals surface area contributed by atoms with Crippen LogP contribution in [0.25, 0.3) is 10.8 Å². The predicted molar refractivity (Wildman–Crippen MR) is 96.0 cm³/mol. The van der Waals surface area contributed by atoms with Crippen LogP contribution in [0.15, 0.2) is 5.38 Å². The van der Waals surface area contributed by atoms with E-state index in [4.69, 9.17) is 9.97 Å². The van der Waals surface area contributed by atoms with Gasteiger partial charge in [-0.3, -0.25) is 0 Å². The van der Waals surface area contributed by atoms with Crippen molar-refractivity contribution in [3.8, 4) is 10.8 Å². The SMILES string of the molecule is CCNc1nc(-c2nc(C)cs2)nc(C2CCCC2)c1I. The lowest BCUT2D eigenvalue weighted by atomic mass is 10.0. The Labute approximate surface area is 143 Å². The number of anilines is 1. The van der Waals surface area contributed by atoms with Gasteiger partial charge in [0, 0.05) is 23.5 Å². The zero-order valence-corrected chi connectivity index (χ0v) is 15.3. The van der Waals surface area contributed by atoms with E-state index in [2.05, 4.69) is 45.2 Å². The van der Waals surface area contributed by atoms with Crippen LogP contribution in [-0.4, -0.2) is 21.5 Å². The molecule has 0 radical (unpaired) electrons. The fourth-order valence-corrected chi connectivity index (χ4v) is 4.37. The minimum Gasteiger partial charge on any atom is -0.369 e. The highest BCUT2D eigenvalue weighted by Gasteiger charge is 2.24. The first-order valence-corrected chi connectivity index (χ1v) is 9.38. The van der Waals surface area contributed by atoms with Gasteiger partial charge in [-0.05, 0) is 49.3 Å². The van der Waals surface area contributed by atoms with Crippen LogP contribution in [0.3, 0.4) is 0 Å². The van der Waals surface area contributed by atoms with E-state index in [1.165, 1.54) is 34.9 Å². The largest absolute Gasteiger partial charge is 0.369 e. The minimum absolute atomic E-state index is 0.581. The van der Waals surface area contributed by atoms with Crippen LogP contribution in [0.2, 0.25) is 0 Å². The summed E-state index contributed by atoms with van der Waals surface area (Å²) in [6.07, 6.45) is 5.11. The third-order valence-corrected chi connectivity index (χ3v) is 5.79. The van der Waals surface area contributed by atoms with Crippen molar-refractivity contribution in [2.24, 2.45) is 0 Å². The van der Waals surface area contributed by atoms with E-state index in [1.54, 1.807) is 11.3 Å². The van der Waals surface area contributed by atoms with Gasteiger partial charge < -0.3 is 5.32 Å². The Hall–Kier alpha value is -0.760. The molecule has 0 saturated heterocycles. The van der Waals surface area contributed by atoms with Crippen molar-refractivity contribution in [1.29, 1.82) is 0 Å². The number of aromatic nitrogens is 3.